The fourth-order valence-corrected chi connectivity index (χ4v) is 2.04. The Balaban J connectivity index is 2.51. The van der Waals surface area contributed by atoms with Gasteiger partial charge in [0.1, 0.15) is 11.8 Å². The third kappa shape index (κ3) is 7.97. The molecule has 1 aromatic carbocycles. The molecule has 1 unspecified atom stereocenters. The van der Waals surface area contributed by atoms with E-state index in [1.807, 2.05) is 27.7 Å². The SMILES string of the molecule is CCOc1ccc(CC(=O)NC(CCOC(C)(C)C)C(=O)O)cc1. The molecule has 134 valence electrons. The van der Waals surface area contributed by atoms with Crippen molar-refractivity contribution in [2.45, 2.75) is 52.2 Å². The van der Waals surface area contributed by atoms with Gasteiger partial charge in [-0.3, -0.25) is 4.79 Å². The summed E-state index contributed by atoms with van der Waals surface area (Å²) in [4.78, 5) is 23.3. The second-order valence-electron chi connectivity index (χ2n) is 6.46. The van der Waals surface area contributed by atoms with Gasteiger partial charge in [0.2, 0.25) is 5.91 Å². The Morgan fingerprint density at radius 1 is 1.21 bits per heavy atom. The molecule has 1 amide bonds. The smallest absolute Gasteiger partial charge is 0.326 e. The van der Waals surface area contributed by atoms with Gasteiger partial charge in [-0.1, -0.05) is 12.1 Å². The molecule has 0 saturated carbocycles. The van der Waals surface area contributed by atoms with Crippen molar-refractivity contribution >= 4 is 11.9 Å². The molecule has 2 N–H and O–H groups in total. The quantitative estimate of drug-likeness (QED) is 0.723. The molecule has 0 saturated heterocycles. The van der Waals surface area contributed by atoms with Gasteiger partial charge in [-0.25, -0.2) is 4.79 Å². The van der Waals surface area contributed by atoms with Crippen molar-refractivity contribution in [3.05, 3.63) is 29.8 Å². The van der Waals surface area contributed by atoms with E-state index in [-0.39, 0.29) is 31.0 Å². The van der Waals surface area contributed by atoms with E-state index in [9.17, 15) is 14.7 Å². The highest BCUT2D eigenvalue weighted by Gasteiger charge is 2.21. The van der Waals surface area contributed by atoms with E-state index >= 15 is 0 Å². The largest absolute Gasteiger partial charge is 0.494 e. The normalized spacial score (nSPS) is 12.5. The number of amides is 1. The van der Waals surface area contributed by atoms with Crippen LogP contribution in [0.4, 0.5) is 0 Å². The van der Waals surface area contributed by atoms with Crippen LogP contribution in [-0.4, -0.2) is 41.8 Å². The minimum absolute atomic E-state index is 0.121. The summed E-state index contributed by atoms with van der Waals surface area (Å²) in [5.74, 6) is -0.653. The van der Waals surface area contributed by atoms with Crippen LogP contribution < -0.4 is 10.1 Å². The molecule has 24 heavy (non-hydrogen) atoms. The Morgan fingerprint density at radius 2 is 1.83 bits per heavy atom. The summed E-state index contributed by atoms with van der Waals surface area (Å²) in [6.07, 6.45) is 0.345. The number of benzene rings is 1. The maximum absolute atomic E-state index is 12.1. The number of nitrogens with one attached hydrogen (secondary N) is 1. The van der Waals surface area contributed by atoms with E-state index in [1.54, 1.807) is 24.3 Å². The highest BCUT2D eigenvalue weighted by molar-refractivity contribution is 5.84. The first-order chi connectivity index (χ1) is 11.2. The number of rotatable bonds is 9. The summed E-state index contributed by atoms with van der Waals surface area (Å²) in [5, 5.41) is 11.8. The zero-order valence-electron chi connectivity index (χ0n) is 14.8. The fourth-order valence-electron chi connectivity index (χ4n) is 2.04. The lowest BCUT2D eigenvalue weighted by molar-refractivity contribution is -0.142. The molecule has 0 radical (unpaired) electrons. The van der Waals surface area contributed by atoms with Crippen molar-refractivity contribution < 1.29 is 24.2 Å². The van der Waals surface area contributed by atoms with Gasteiger partial charge in [0.15, 0.2) is 0 Å². The van der Waals surface area contributed by atoms with Crippen LogP contribution >= 0.6 is 0 Å². The number of carbonyl (C=O) groups is 2. The Morgan fingerprint density at radius 3 is 2.33 bits per heavy atom. The standard InChI is InChI=1S/C18H27NO5/c1-5-23-14-8-6-13(7-9-14)12-16(20)19-15(17(21)22)10-11-24-18(2,3)4/h6-9,15H,5,10-12H2,1-4H3,(H,19,20)(H,21,22). The van der Waals surface area contributed by atoms with Crippen LogP contribution in [0.15, 0.2) is 24.3 Å². The monoisotopic (exact) mass is 337 g/mol. The summed E-state index contributed by atoms with van der Waals surface area (Å²) in [6.45, 7) is 8.44. The van der Waals surface area contributed by atoms with E-state index in [1.165, 1.54) is 0 Å². The van der Waals surface area contributed by atoms with Gasteiger partial charge in [0, 0.05) is 13.0 Å². The zero-order chi connectivity index (χ0) is 18.2. The first-order valence-corrected chi connectivity index (χ1v) is 8.09. The van der Waals surface area contributed by atoms with Crippen LogP contribution in [0.5, 0.6) is 5.75 Å². The lowest BCUT2D eigenvalue weighted by Gasteiger charge is -2.21. The van der Waals surface area contributed by atoms with Crippen molar-refractivity contribution in [1.29, 1.82) is 0 Å². The van der Waals surface area contributed by atoms with Crippen molar-refractivity contribution in [1.82, 2.24) is 5.32 Å². The Hall–Kier alpha value is -2.08. The van der Waals surface area contributed by atoms with Crippen LogP contribution in [-0.2, 0) is 20.7 Å². The predicted molar refractivity (Wildman–Crippen MR) is 91.2 cm³/mol. The molecule has 6 nitrogen and oxygen atoms in total. The van der Waals surface area contributed by atoms with Gasteiger partial charge < -0.3 is 19.9 Å². The average Bonchev–Trinajstić information content (AvgIpc) is 2.47. The Labute approximate surface area is 143 Å². The predicted octanol–water partition coefficient (Wildman–Crippen LogP) is 2.40. The molecule has 0 heterocycles. The molecule has 6 heteroatoms. The maximum Gasteiger partial charge on any atom is 0.326 e. The molecular formula is C18H27NO5. The number of hydrogen-bond donors (Lipinski definition) is 2. The Kier molecular flexibility index (Phi) is 7.71. The average molecular weight is 337 g/mol. The summed E-state index contributed by atoms with van der Waals surface area (Å²) in [7, 11) is 0. The molecule has 1 atom stereocenters. The van der Waals surface area contributed by atoms with Crippen molar-refractivity contribution in [2.75, 3.05) is 13.2 Å². The van der Waals surface area contributed by atoms with E-state index in [0.29, 0.717) is 6.61 Å². The highest BCUT2D eigenvalue weighted by atomic mass is 16.5. The van der Waals surface area contributed by atoms with Crippen molar-refractivity contribution in [3.8, 4) is 5.75 Å². The molecule has 1 rings (SSSR count). The Bertz CT molecular complexity index is 533. The van der Waals surface area contributed by atoms with Crippen LogP contribution in [0.1, 0.15) is 39.7 Å². The first kappa shape index (κ1) is 20.0. The number of aliphatic carboxylic acids is 1. The number of carbonyl (C=O) groups excluding carboxylic acids is 1. The molecule has 0 spiro atoms. The molecule has 0 aliphatic heterocycles. The van der Waals surface area contributed by atoms with Crippen molar-refractivity contribution in [2.24, 2.45) is 0 Å². The zero-order valence-corrected chi connectivity index (χ0v) is 14.8. The number of hydrogen-bond acceptors (Lipinski definition) is 4. The molecule has 0 aromatic heterocycles. The lowest BCUT2D eigenvalue weighted by atomic mass is 10.1. The number of carboxylic acids is 1. The molecule has 0 fully saturated rings. The second kappa shape index (κ2) is 9.27. The van der Waals surface area contributed by atoms with Gasteiger partial charge in [0.05, 0.1) is 18.6 Å². The second-order valence-corrected chi connectivity index (χ2v) is 6.46. The summed E-state index contributed by atoms with van der Waals surface area (Å²) in [6, 6.07) is 6.21. The van der Waals surface area contributed by atoms with Crippen molar-refractivity contribution in [3.63, 3.8) is 0 Å². The van der Waals surface area contributed by atoms with Gasteiger partial charge >= 0.3 is 5.97 Å². The number of carboxylic acid groups (broad SMARTS) is 1. The van der Waals surface area contributed by atoms with Crippen LogP contribution in [0.25, 0.3) is 0 Å². The minimum atomic E-state index is -1.06. The third-order valence-electron chi connectivity index (χ3n) is 3.17. The molecule has 0 aliphatic carbocycles. The van der Waals surface area contributed by atoms with Crippen LogP contribution in [0.3, 0.4) is 0 Å². The topological polar surface area (TPSA) is 84.9 Å². The highest BCUT2D eigenvalue weighted by Crippen LogP contribution is 2.13. The molecule has 0 aliphatic rings. The van der Waals surface area contributed by atoms with E-state index in [0.717, 1.165) is 11.3 Å². The van der Waals surface area contributed by atoms with Crippen LogP contribution in [0.2, 0.25) is 0 Å². The lowest BCUT2D eigenvalue weighted by Crippen LogP contribution is -2.42. The van der Waals surface area contributed by atoms with Crippen LogP contribution in [0, 0.1) is 0 Å². The third-order valence-corrected chi connectivity index (χ3v) is 3.17. The van der Waals surface area contributed by atoms with Gasteiger partial charge in [-0.05, 0) is 45.4 Å². The van der Waals surface area contributed by atoms with Gasteiger partial charge in [0.25, 0.3) is 0 Å². The molecular weight excluding hydrogens is 310 g/mol. The summed E-state index contributed by atoms with van der Waals surface area (Å²) >= 11 is 0. The van der Waals surface area contributed by atoms with E-state index in [4.69, 9.17) is 9.47 Å². The number of ether oxygens (including phenoxy) is 2. The van der Waals surface area contributed by atoms with E-state index < -0.39 is 12.0 Å². The van der Waals surface area contributed by atoms with E-state index in [2.05, 4.69) is 5.32 Å². The maximum atomic E-state index is 12.1. The minimum Gasteiger partial charge on any atom is -0.494 e. The first-order valence-electron chi connectivity index (χ1n) is 8.09. The summed E-state index contributed by atoms with van der Waals surface area (Å²) in [5.41, 5.74) is 0.459. The van der Waals surface area contributed by atoms with Gasteiger partial charge in [-0.2, -0.15) is 0 Å². The molecule has 0 bridgehead atoms. The fraction of sp³-hybridized carbons (Fsp3) is 0.556. The molecule has 1 aromatic rings. The summed E-state index contributed by atoms with van der Waals surface area (Å²) < 4.78 is 10.9. The van der Waals surface area contributed by atoms with Gasteiger partial charge in [-0.15, -0.1) is 0 Å².